The number of aliphatic hydroxyl groups is 1. The molecule has 1 aromatic heterocycles. The Kier molecular flexibility index (Phi) is 4.14. The Morgan fingerprint density at radius 2 is 2.46 bits per heavy atom. The van der Waals surface area contributed by atoms with E-state index in [1.807, 2.05) is 0 Å². The van der Waals surface area contributed by atoms with E-state index in [2.05, 4.69) is 18.8 Å². The molecule has 1 atom stereocenters. The summed E-state index contributed by atoms with van der Waals surface area (Å²) in [5, 5.41) is 9.48. The summed E-state index contributed by atoms with van der Waals surface area (Å²) in [7, 11) is 0. The highest BCUT2D eigenvalue weighted by atomic mass is 16.3. The maximum absolute atomic E-state index is 9.48. The van der Waals surface area contributed by atoms with Gasteiger partial charge in [-0.25, -0.2) is 0 Å². The third-order valence-electron chi connectivity index (χ3n) is 1.75. The summed E-state index contributed by atoms with van der Waals surface area (Å²) in [6, 6.07) is 1.72. The summed E-state index contributed by atoms with van der Waals surface area (Å²) >= 11 is 0. The van der Waals surface area contributed by atoms with E-state index in [0.717, 1.165) is 24.8 Å². The quantitative estimate of drug-likeness (QED) is 0.570. The zero-order valence-corrected chi connectivity index (χ0v) is 7.79. The maximum Gasteiger partial charge on any atom is 0.143 e. The molecule has 1 heterocycles. The van der Waals surface area contributed by atoms with Crippen molar-refractivity contribution in [2.45, 2.75) is 32.3 Å². The fourth-order valence-electron chi connectivity index (χ4n) is 0.948. The van der Waals surface area contributed by atoms with Gasteiger partial charge in [-0.1, -0.05) is 19.3 Å². The van der Waals surface area contributed by atoms with Crippen molar-refractivity contribution in [3.63, 3.8) is 0 Å². The Labute approximate surface area is 78.6 Å². The van der Waals surface area contributed by atoms with Gasteiger partial charge in [-0.2, -0.15) is 0 Å². The molecule has 1 N–H and O–H groups in total. The SMILES string of the molecule is CCCCC#CC(O)c1ccoc1. The Bertz CT molecular complexity index is 277. The summed E-state index contributed by atoms with van der Waals surface area (Å²) in [5.74, 6) is 5.70. The standard InChI is InChI=1S/C11H14O2/c1-2-3-4-5-6-11(12)10-7-8-13-9-10/h7-9,11-12H,2-4H2,1H3. The van der Waals surface area contributed by atoms with E-state index in [9.17, 15) is 5.11 Å². The summed E-state index contributed by atoms with van der Waals surface area (Å²) in [6.45, 7) is 2.12. The summed E-state index contributed by atoms with van der Waals surface area (Å²) in [6.07, 6.45) is 5.42. The molecule has 2 nitrogen and oxygen atoms in total. The second-order valence-electron chi connectivity index (χ2n) is 2.88. The number of rotatable bonds is 3. The van der Waals surface area contributed by atoms with Gasteiger partial charge in [0.25, 0.3) is 0 Å². The Morgan fingerprint density at radius 3 is 3.08 bits per heavy atom. The van der Waals surface area contributed by atoms with Crippen LogP contribution in [-0.4, -0.2) is 5.11 Å². The van der Waals surface area contributed by atoms with Crippen LogP contribution in [0.25, 0.3) is 0 Å². The molecule has 1 rings (SSSR count). The third-order valence-corrected chi connectivity index (χ3v) is 1.75. The van der Waals surface area contributed by atoms with Crippen LogP contribution >= 0.6 is 0 Å². The number of aliphatic hydroxyl groups excluding tert-OH is 1. The second-order valence-corrected chi connectivity index (χ2v) is 2.88. The minimum atomic E-state index is -0.699. The van der Waals surface area contributed by atoms with Crippen LogP contribution in [0.3, 0.4) is 0 Å². The largest absolute Gasteiger partial charge is 0.472 e. The van der Waals surface area contributed by atoms with E-state index in [-0.39, 0.29) is 0 Å². The molecule has 0 fully saturated rings. The van der Waals surface area contributed by atoms with Gasteiger partial charge < -0.3 is 9.52 Å². The molecular formula is C11H14O2. The second kappa shape index (κ2) is 5.45. The minimum Gasteiger partial charge on any atom is -0.472 e. The highest BCUT2D eigenvalue weighted by molar-refractivity contribution is 5.20. The molecule has 0 aliphatic heterocycles. The van der Waals surface area contributed by atoms with Gasteiger partial charge in [-0.15, -0.1) is 5.92 Å². The van der Waals surface area contributed by atoms with Gasteiger partial charge in [0.2, 0.25) is 0 Å². The maximum atomic E-state index is 9.48. The zero-order chi connectivity index (χ0) is 9.52. The first-order valence-corrected chi connectivity index (χ1v) is 4.53. The van der Waals surface area contributed by atoms with Crippen molar-refractivity contribution in [1.29, 1.82) is 0 Å². The first kappa shape index (κ1) is 9.88. The van der Waals surface area contributed by atoms with Gasteiger partial charge in [0.1, 0.15) is 6.10 Å². The monoisotopic (exact) mass is 178 g/mol. The topological polar surface area (TPSA) is 33.4 Å². The molecule has 13 heavy (non-hydrogen) atoms. The lowest BCUT2D eigenvalue weighted by atomic mass is 10.2. The predicted molar refractivity (Wildman–Crippen MR) is 51.0 cm³/mol. The number of hydrogen-bond donors (Lipinski definition) is 1. The van der Waals surface area contributed by atoms with Crippen LogP contribution in [0, 0.1) is 11.8 Å². The van der Waals surface area contributed by atoms with Crippen molar-refractivity contribution in [3.8, 4) is 11.8 Å². The normalized spacial score (nSPS) is 11.8. The molecule has 0 aliphatic carbocycles. The molecule has 0 radical (unpaired) electrons. The van der Waals surface area contributed by atoms with Crippen LogP contribution in [0.5, 0.6) is 0 Å². The molecule has 0 saturated carbocycles. The summed E-state index contributed by atoms with van der Waals surface area (Å²) in [5.41, 5.74) is 0.726. The number of unbranched alkanes of at least 4 members (excludes halogenated alkanes) is 2. The van der Waals surface area contributed by atoms with Gasteiger partial charge in [-0.05, 0) is 12.5 Å². The van der Waals surface area contributed by atoms with E-state index < -0.39 is 6.10 Å². The van der Waals surface area contributed by atoms with Gasteiger partial charge in [-0.3, -0.25) is 0 Å². The van der Waals surface area contributed by atoms with Crippen LogP contribution in [-0.2, 0) is 0 Å². The first-order chi connectivity index (χ1) is 6.34. The minimum absolute atomic E-state index is 0.699. The van der Waals surface area contributed by atoms with Gasteiger partial charge in [0.05, 0.1) is 12.5 Å². The smallest absolute Gasteiger partial charge is 0.143 e. The molecule has 0 amide bonds. The zero-order valence-electron chi connectivity index (χ0n) is 7.79. The van der Waals surface area contributed by atoms with Crippen molar-refractivity contribution in [1.82, 2.24) is 0 Å². The molecule has 0 saturated heterocycles. The van der Waals surface area contributed by atoms with Crippen LogP contribution in [0.1, 0.15) is 37.9 Å². The molecule has 2 heteroatoms. The third kappa shape index (κ3) is 3.35. The molecule has 1 aromatic rings. The van der Waals surface area contributed by atoms with Crippen molar-refractivity contribution in [2.24, 2.45) is 0 Å². The van der Waals surface area contributed by atoms with Gasteiger partial charge in [0.15, 0.2) is 0 Å². The van der Waals surface area contributed by atoms with Crippen molar-refractivity contribution in [2.75, 3.05) is 0 Å². The van der Waals surface area contributed by atoms with E-state index in [1.54, 1.807) is 6.07 Å². The van der Waals surface area contributed by atoms with Gasteiger partial charge in [0, 0.05) is 12.0 Å². The van der Waals surface area contributed by atoms with Crippen LogP contribution < -0.4 is 0 Å². The molecule has 0 bridgehead atoms. The molecular weight excluding hydrogens is 164 g/mol. The Morgan fingerprint density at radius 1 is 1.62 bits per heavy atom. The molecule has 1 unspecified atom stereocenters. The van der Waals surface area contributed by atoms with E-state index in [0.29, 0.717) is 0 Å². The van der Waals surface area contributed by atoms with Gasteiger partial charge >= 0.3 is 0 Å². The Balaban J connectivity index is 2.39. The summed E-state index contributed by atoms with van der Waals surface area (Å²) < 4.78 is 4.84. The van der Waals surface area contributed by atoms with Crippen molar-refractivity contribution >= 4 is 0 Å². The summed E-state index contributed by atoms with van der Waals surface area (Å²) in [4.78, 5) is 0. The Hall–Kier alpha value is -1.20. The average Bonchev–Trinajstić information content (AvgIpc) is 2.65. The lowest BCUT2D eigenvalue weighted by molar-refractivity contribution is 0.237. The van der Waals surface area contributed by atoms with E-state index >= 15 is 0 Å². The predicted octanol–water partition coefficient (Wildman–Crippen LogP) is 2.51. The number of furan rings is 1. The fourth-order valence-corrected chi connectivity index (χ4v) is 0.948. The molecule has 70 valence electrons. The van der Waals surface area contributed by atoms with E-state index in [1.165, 1.54) is 12.5 Å². The molecule has 0 aromatic carbocycles. The average molecular weight is 178 g/mol. The van der Waals surface area contributed by atoms with Crippen LogP contribution in [0.15, 0.2) is 23.0 Å². The van der Waals surface area contributed by atoms with Crippen molar-refractivity contribution < 1.29 is 9.52 Å². The number of hydrogen-bond acceptors (Lipinski definition) is 2. The molecule has 0 aliphatic rings. The highest BCUT2D eigenvalue weighted by Crippen LogP contribution is 2.11. The highest BCUT2D eigenvalue weighted by Gasteiger charge is 2.02. The fraction of sp³-hybridized carbons (Fsp3) is 0.455. The van der Waals surface area contributed by atoms with Crippen molar-refractivity contribution in [3.05, 3.63) is 24.2 Å². The first-order valence-electron chi connectivity index (χ1n) is 4.53. The lowest BCUT2D eigenvalue weighted by Gasteiger charge is -1.96. The lowest BCUT2D eigenvalue weighted by Crippen LogP contribution is -1.89. The van der Waals surface area contributed by atoms with Crippen LogP contribution in [0.4, 0.5) is 0 Å². The molecule has 0 spiro atoms. The van der Waals surface area contributed by atoms with Crippen LogP contribution in [0.2, 0.25) is 0 Å². The van der Waals surface area contributed by atoms with E-state index in [4.69, 9.17) is 4.42 Å².